The Bertz CT molecular complexity index is 499. The van der Waals surface area contributed by atoms with E-state index in [1.54, 1.807) is 13.2 Å². The van der Waals surface area contributed by atoms with Crippen molar-refractivity contribution < 1.29 is 9.13 Å². The minimum absolute atomic E-state index is 0.155. The second-order valence-corrected chi connectivity index (χ2v) is 3.79. The van der Waals surface area contributed by atoms with Gasteiger partial charge in [-0.15, -0.1) is 5.10 Å². The first-order valence-corrected chi connectivity index (χ1v) is 5.50. The van der Waals surface area contributed by atoms with Crippen LogP contribution < -0.4 is 5.32 Å². The SMILES string of the molecule is CCC(COC)Nc1nc2ccc(F)cn2n1. The van der Waals surface area contributed by atoms with Gasteiger partial charge in [0.2, 0.25) is 5.95 Å². The van der Waals surface area contributed by atoms with Crippen molar-refractivity contribution in [1.29, 1.82) is 0 Å². The van der Waals surface area contributed by atoms with E-state index in [9.17, 15) is 4.39 Å². The summed E-state index contributed by atoms with van der Waals surface area (Å²) in [7, 11) is 1.65. The summed E-state index contributed by atoms with van der Waals surface area (Å²) >= 11 is 0. The van der Waals surface area contributed by atoms with E-state index in [0.717, 1.165) is 6.42 Å². The molecule has 0 bridgehead atoms. The molecule has 0 aliphatic heterocycles. The molecule has 1 N–H and O–H groups in total. The molecule has 5 nitrogen and oxygen atoms in total. The lowest BCUT2D eigenvalue weighted by Gasteiger charge is -2.13. The Morgan fingerprint density at radius 1 is 1.53 bits per heavy atom. The quantitative estimate of drug-likeness (QED) is 0.861. The summed E-state index contributed by atoms with van der Waals surface area (Å²) in [6.45, 7) is 2.63. The van der Waals surface area contributed by atoms with E-state index >= 15 is 0 Å². The van der Waals surface area contributed by atoms with Gasteiger partial charge in [-0.05, 0) is 18.6 Å². The van der Waals surface area contributed by atoms with Crippen molar-refractivity contribution >= 4 is 11.6 Å². The van der Waals surface area contributed by atoms with Gasteiger partial charge < -0.3 is 10.1 Å². The molecule has 0 spiro atoms. The molecular formula is C11H15FN4O. The number of pyridine rings is 1. The fraction of sp³-hybridized carbons (Fsp3) is 0.455. The van der Waals surface area contributed by atoms with Gasteiger partial charge in [-0.2, -0.15) is 4.98 Å². The van der Waals surface area contributed by atoms with Crippen molar-refractivity contribution in [2.75, 3.05) is 19.0 Å². The van der Waals surface area contributed by atoms with Crippen LogP contribution in [0.15, 0.2) is 18.3 Å². The van der Waals surface area contributed by atoms with Crippen LogP contribution in [-0.4, -0.2) is 34.4 Å². The normalized spacial score (nSPS) is 12.9. The molecule has 92 valence electrons. The number of nitrogens with zero attached hydrogens (tertiary/aromatic N) is 3. The Balaban J connectivity index is 2.18. The monoisotopic (exact) mass is 238 g/mol. The topological polar surface area (TPSA) is 51.5 Å². The maximum Gasteiger partial charge on any atom is 0.243 e. The molecule has 0 saturated heterocycles. The van der Waals surface area contributed by atoms with Crippen molar-refractivity contribution in [2.24, 2.45) is 0 Å². The molecule has 2 rings (SSSR count). The number of nitrogens with one attached hydrogen (secondary N) is 1. The standard InChI is InChI=1S/C11H15FN4O/c1-3-9(7-17-2)13-11-14-10-5-4-8(12)6-16(10)15-11/h4-6,9H,3,7H2,1-2H3,(H,13,15). The molecule has 0 fully saturated rings. The Morgan fingerprint density at radius 3 is 3.06 bits per heavy atom. The first-order chi connectivity index (χ1) is 8.22. The van der Waals surface area contributed by atoms with E-state index < -0.39 is 0 Å². The second-order valence-electron chi connectivity index (χ2n) is 3.79. The number of halogens is 1. The molecule has 2 heterocycles. The lowest BCUT2D eigenvalue weighted by molar-refractivity contribution is 0.184. The smallest absolute Gasteiger partial charge is 0.243 e. The molecule has 17 heavy (non-hydrogen) atoms. The third-order valence-electron chi connectivity index (χ3n) is 2.49. The Kier molecular flexibility index (Phi) is 3.53. The highest BCUT2D eigenvalue weighted by molar-refractivity contribution is 5.43. The van der Waals surface area contributed by atoms with Crippen molar-refractivity contribution in [3.8, 4) is 0 Å². The van der Waals surface area contributed by atoms with Gasteiger partial charge in [-0.3, -0.25) is 0 Å². The lowest BCUT2D eigenvalue weighted by Crippen LogP contribution is -2.24. The van der Waals surface area contributed by atoms with Crippen LogP contribution in [0.4, 0.5) is 10.3 Å². The van der Waals surface area contributed by atoms with Gasteiger partial charge in [0.1, 0.15) is 5.82 Å². The van der Waals surface area contributed by atoms with Crippen molar-refractivity contribution in [2.45, 2.75) is 19.4 Å². The number of hydrogen-bond acceptors (Lipinski definition) is 4. The summed E-state index contributed by atoms with van der Waals surface area (Å²) in [5, 5.41) is 7.29. The molecule has 0 aromatic carbocycles. The van der Waals surface area contributed by atoms with Crippen LogP contribution in [0, 0.1) is 5.82 Å². The highest BCUT2D eigenvalue weighted by Gasteiger charge is 2.09. The van der Waals surface area contributed by atoms with Gasteiger partial charge in [0.25, 0.3) is 0 Å². The number of hydrogen-bond donors (Lipinski definition) is 1. The predicted molar refractivity (Wildman–Crippen MR) is 62.5 cm³/mol. The number of ether oxygens (including phenoxy) is 1. The first kappa shape index (κ1) is 11.8. The zero-order valence-corrected chi connectivity index (χ0v) is 9.85. The fourth-order valence-corrected chi connectivity index (χ4v) is 1.56. The average Bonchev–Trinajstić information content (AvgIpc) is 2.69. The molecule has 0 aliphatic rings. The van der Waals surface area contributed by atoms with Crippen molar-refractivity contribution in [1.82, 2.24) is 14.6 Å². The number of aromatic nitrogens is 3. The maximum atomic E-state index is 13.0. The van der Waals surface area contributed by atoms with E-state index in [-0.39, 0.29) is 11.9 Å². The third-order valence-corrected chi connectivity index (χ3v) is 2.49. The summed E-state index contributed by atoms with van der Waals surface area (Å²) in [6, 6.07) is 3.10. The number of fused-ring (bicyclic) bond motifs is 1. The number of anilines is 1. The Hall–Kier alpha value is -1.69. The highest BCUT2D eigenvalue weighted by atomic mass is 19.1. The average molecular weight is 238 g/mol. The molecule has 1 atom stereocenters. The van der Waals surface area contributed by atoms with Gasteiger partial charge in [-0.1, -0.05) is 6.92 Å². The number of rotatable bonds is 5. The maximum absolute atomic E-state index is 13.0. The van der Waals surface area contributed by atoms with Crippen molar-refractivity contribution in [3.05, 3.63) is 24.1 Å². The predicted octanol–water partition coefficient (Wildman–Crippen LogP) is 1.71. The third kappa shape index (κ3) is 2.71. The van der Waals surface area contributed by atoms with Gasteiger partial charge in [0.15, 0.2) is 5.65 Å². The fourth-order valence-electron chi connectivity index (χ4n) is 1.56. The largest absolute Gasteiger partial charge is 0.383 e. The van der Waals surface area contributed by atoms with Gasteiger partial charge in [0.05, 0.1) is 18.8 Å². The first-order valence-electron chi connectivity index (χ1n) is 5.50. The molecule has 1 unspecified atom stereocenters. The van der Waals surface area contributed by atoms with E-state index in [2.05, 4.69) is 15.4 Å². The van der Waals surface area contributed by atoms with Crippen LogP contribution >= 0.6 is 0 Å². The second kappa shape index (κ2) is 5.09. The van der Waals surface area contributed by atoms with E-state index in [1.165, 1.54) is 16.8 Å². The van der Waals surface area contributed by atoms with E-state index in [1.807, 2.05) is 6.92 Å². The molecule has 0 radical (unpaired) electrons. The zero-order chi connectivity index (χ0) is 12.3. The van der Waals surface area contributed by atoms with Crippen LogP contribution in [0.2, 0.25) is 0 Å². The summed E-state index contributed by atoms with van der Waals surface area (Å²) < 4.78 is 19.5. The summed E-state index contributed by atoms with van der Waals surface area (Å²) in [4.78, 5) is 4.24. The van der Waals surface area contributed by atoms with Gasteiger partial charge >= 0.3 is 0 Å². The minimum Gasteiger partial charge on any atom is -0.383 e. The van der Waals surface area contributed by atoms with Gasteiger partial charge in [0, 0.05) is 7.11 Å². The molecule has 0 amide bonds. The van der Waals surface area contributed by atoms with E-state index in [4.69, 9.17) is 4.74 Å². The Morgan fingerprint density at radius 2 is 2.35 bits per heavy atom. The summed E-state index contributed by atoms with van der Waals surface area (Å²) in [5.74, 6) is 0.150. The van der Waals surface area contributed by atoms with E-state index in [0.29, 0.717) is 18.2 Å². The van der Waals surface area contributed by atoms with Crippen LogP contribution in [0.3, 0.4) is 0 Å². The molecule has 0 saturated carbocycles. The zero-order valence-electron chi connectivity index (χ0n) is 9.85. The van der Waals surface area contributed by atoms with Crippen LogP contribution in [0.25, 0.3) is 5.65 Å². The molecule has 0 aliphatic carbocycles. The number of methoxy groups -OCH3 is 1. The minimum atomic E-state index is -0.335. The van der Waals surface area contributed by atoms with Crippen molar-refractivity contribution in [3.63, 3.8) is 0 Å². The van der Waals surface area contributed by atoms with Crippen LogP contribution in [-0.2, 0) is 4.74 Å². The van der Waals surface area contributed by atoms with Crippen LogP contribution in [0.1, 0.15) is 13.3 Å². The molecule has 2 aromatic rings. The van der Waals surface area contributed by atoms with Crippen LogP contribution in [0.5, 0.6) is 0 Å². The lowest BCUT2D eigenvalue weighted by atomic mass is 10.2. The molecule has 2 aromatic heterocycles. The Labute approximate surface area is 98.6 Å². The highest BCUT2D eigenvalue weighted by Crippen LogP contribution is 2.08. The molecule has 6 heteroatoms. The summed E-state index contributed by atoms with van der Waals surface area (Å²) in [6.07, 6.45) is 2.20. The summed E-state index contributed by atoms with van der Waals surface area (Å²) in [5.41, 5.74) is 0.612. The van der Waals surface area contributed by atoms with Gasteiger partial charge in [-0.25, -0.2) is 8.91 Å². The molecular weight excluding hydrogens is 223 g/mol.